The minimum absolute atomic E-state index is 0.216. The summed E-state index contributed by atoms with van der Waals surface area (Å²) < 4.78 is 14.9. The van der Waals surface area contributed by atoms with Gasteiger partial charge in [-0.15, -0.1) is 5.10 Å². The second kappa shape index (κ2) is 10.8. The summed E-state index contributed by atoms with van der Waals surface area (Å²) in [6.07, 6.45) is 3.82. The Balaban J connectivity index is 1.43. The minimum Gasteiger partial charge on any atom is -0.494 e. The first-order valence-corrected chi connectivity index (χ1v) is 13.9. The second-order valence-electron chi connectivity index (χ2n) is 9.13. The molecule has 40 heavy (non-hydrogen) atoms. The van der Waals surface area contributed by atoms with E-state index < -0.39 is 0 Å². The van der Waals surface area contributed by atoms with Gasteiger partial charge in [-0.25, -0.2) is 4.68 Å². The molecular formula is C31H27N5O3S. The molecule has 8 nitrogen and oxygen atoms in total. The standard InChI is InChI=1S/C31H27N5O3S/c1-4-38-24-13-11-21(12-14-24)29-32-31-36(34-29)30(37)27(40-31)18-22-19-35(23-9-7-6-8-10-23)33-28(22)26-16-15-25(39-5-2)17-20(26)3/h6-19H,4-5H2,1-3H3/b27-18-. The van der Waals surface area contributed by atoms with Gasteiger partial charge in [0.2, 0.25) is 4.96 Å². The molecule has 0 aliphatic rings. The molecule has 200 valence electrons. The Labute approximate surface area is 234 Å². The van der Waals surface area contributed by atoms with Gasteiger partial charge in [-0.3, -0.25) is 4.79 Å². The van der Waals surface area contributed by atoms with Gasteiger partial charge in [0.1, 0.15) is 17.2 Å². The molecule has 0 spiro atoms. The number of aryl methyl sites for hydroxylation is 1. The molecule has 0 N–H and O–H groups in total. The first-order valence-electron chi connectivity index (χ1n) is 13.1. The summed E-state index contributed by atoms with van der Waals surface area (Å²) >= 11 is 1.31. The number of hydrogen-bond donors (Lipinski definition) is 0. The maximum atomic E-state index is 13.4. The van der Waals surface area contributed by atoms with Crippen molar-refractivity contribution in [2.24, 2.45) is 0 Å². The van der Waals surface area contributed by atoms with Crippen LogP contribution in [0.3, 0.4) is 0 Å². The topological polar surface area (TPSA) is 83.5 Å². The molecule has 9 heteroatoms. The third kappa shape index (κ3) is 4.87. The summed E-state index contributed by atoms with van der Waals surface area (Å²) in [7, 11) is 0. The van der Waals surface area contributed by atoms with Gasteiger partial charge in [-0.05, 0) is 87.0 Å². The van der Waals surface area contributed by atoms with Crippen LogP contribution in [0.15, 0.2) is 83.8 Å². The number of ether oxygens (including phenoxy) is 2. The van der Waals surface area contributed by atoms with Crippen LogP contribution >= 0.6 is 11.3 Å². The van der Waals surface area contributed by atoms with Gasteiger partial charge in [0.05, 0.1) is 23.4 Å². The highest BCUT2D eigenvalue weighted by atomic mass is 32.1. The van der Waals surface area contributed by atoms with Crippen LogP contribution in [0.2, 0.25) is 0 Å². The molecule has 0 aliphatic heterocycles. The predicted octanol–water partition coefficient (Wildman–Crippen LogP) is 5.32. The van der Waals surface area contributed by atoms with E-state index in [-0.39, 0.29) is 5.56 Å². The van der Waals surface area contributed by atoms with Gasteiger partial charge in [0, 0.05) is 22.9 Å². The fourth-order valence-corrected chi connectivity index (χ4v) is 5.44. The number of fused-ring (bicyclic) bond motifs is 1. The Kier molecular flexibility index (Phi) is 6.88. The van der Waals surface area contributed by atoms with Crippen molar-refractivity contribution in [2.75, 3.05) is 13.2 Å². The molecule has 3 heterocycles. The number of para-hydroxylation sites is 1. The Morgan fingerprint density at radius 2 is 1.62 bits per heavy atom. The fraction of sp³-hybridized carbons (Fsp3) is 0.161. The van der Waals surface area contributed by atoms with Crippen LogP contribution in [0.1, 0.15) is 25.0 Å². The second-order valence-corrected chi connectivity index (χ2v) is 10.1. The Morgan fingerprint density at radius 1 is 0.900 bits per heavy atom. The number of rotatable bonds is 8. The molecule has 0 fully saturated rings. The zero-order valence-electron chi connectivity index (χ0n) is 22.4. The fourth-order valence-electron chi connectivity index (χ4n) is 4.54. The molecule has 0 aliphatic carbocycles. The lowest BCUT2D eigenvalue weighted by Crippen LogP contribution is -2.23. The van der Waals surface area contributed by atoms with E-state index in [9.17, 15) is 4.79 Å². The van der Waals surface area contributed by atoms with Gasteiger partial charge in [0.15, 0.2) is 5.82 Å². The van der Waals surface area contributed by atoms with Gasteiger partial charge in [-0.1, -0.05) is 29.5 Å². The van der Waals surface area contributed by atoms with E-state index in [1.807, 2.05) is 111 Å². The van der Waals surface area contributed by atoms with Gasteiger partial charge < -0.3 is 9.47 Å². The molecule has 0 amide bonds. The third-order valence-electron chi connectivity index (χ3n) is 6.42. The lowest BCUT2D eigenvalue weighted by atomic mass is 10.0. The Morgan fingerprint density at radius 3 is 2.33 bits per heavy atom. The molecule has 0 radical (unpaired) electrons. The van der Waals surface area contributed by atoms with Crippen LogP contribution in [-0.2, 0) is 0 Å². The van der Waals surface area contributed by atoms with Crippen LogP contribution < -0.4 is 19.6 Å². The zero-order valence-corrected chi connectivity index (χ0v) is 23.2. The summed E-state index contributed by atoms with van der Waals surface area (Å²) in [5, 5.41) is 9.43. The highest BCUT2D eigenvalue weighted by Crippen LogP contribution is 2.30. The molecule has 0 atom stereocenters. The molecule has 0 unspecified atom stereocenters. The Bertz CT molecular complexity index is 1910. The lowest BCUT2D eigenvalue weighted by molar-refractivity contribution is 0.340. The summed E-state index contributed by atoms with van der Waals surface area (Å²) in [5.74, 6) is 2.09. The number of aromatic nitrogens is 5. The van der Waals surface area contributed by atoms with Crippen molar-refractivity contribution in [1.82, 2.24) is 24.4 Å². The van der Waals surface area contributed by atoms with Crippen molar-refractivity contribution < 1.29 is 9.47 Å². The van der Waals surface area contributed by atoms with Gasteiger partial charge in [-0.2, -0.15) is 14.6 Å². The van der Waals surface area contributed by atoms with E-state index in [1.165, 1.54) is 15.9 Å². The normalized spacial score (nSPS) is 11.8. The number of nitrogens with zero attached hydrogens (tertiary/aromatic N) is 5. The van der Waals surface area contributed by atoms with Crippen molar-refractivity contribution >= 4 is 22.4 Å². The summed E-state index contributed by atoms with van der Waals surface area (Å²) in [5.41, 5.74) is 5.13. The average Bonchev–Trinajstić information content (AvgIpc) is 3.65. The quantitative estimate of drug-likeness (QED) is 0.255. The molecule has 0 saturated heterocycles. The molecule has 3 aromatic heterocycles. The van der Waals surface area contributed by atoms with Crippen molar-refractivity contribution in [3.05, 3.63) is 105 Å². The lowest BCUT2D eigenvalue weighted by Gasteiger charge is -2.08. The zero-order chi connectivity index (χ0) is 27.6. The van der Waals surface area contributed by atoms with Crippen LogP contribution in [0, 0.1) is 6.92 Å². The SMILES string of the molecule is CCOc1ccc(-c2nc3s/c(=C\c4cn(-c5ccccc5)nc4-c4ccc(OCC)cc4C)c(=O)n3n2)cc1. The number of thiazole rings is 1. The summed E-state index contributed by atoms with van der Waals surface area (Å²) in [6.45, 7) is 7.14. The largest absolute Gasteiger partial charge is 0.494 e. The Hall–Kier alpha value is -4.76. The molecule has 0 saturated carbocycles. The van der Waals surface area contributed by atoms with E-state index in [0.29, 0.717) is 28.5 Å². The summed E-state index contributed by atoms with van der Waals surface area (Å²) in [4.78, 5) is 18.6. The van der Waals surface area contributed by atoms with Crippen molar-refractivity contribution in [2.45, 2.75) is 20.8 Å². The molecule has 3 aromatic carbocycles. The molecule has 6 rings (SSSR count). The van der Waals surface area contributed by atoms with Gasteiger partial charge >= 0.3 is 0 Å². The van der Waals surface area contributed by atoms with Crippen LogP contribution in [0.5, 0.6) is 11.5 Å². The first-order chi connectivity index (χ1) is 19.5. The van der Waals surface area contributed by atoms with E-state index in [2.05, 4.69) is 10.1 Å². The molecule has 6 aromatic rings. The monoisotopic (exact) mass is 549 g/mol. The highest BCUT2D eigenvalue weighted by molar-refractivity contribution is 7.15. The predicted molar refractivity (Wildman–Crippen MR) is 157 cm³/mol. The maximum Gasteiger partial charge on any atom is 0.291 e. The van der Waals surface area contributed by atoms with E-state index >= 15 is 0 Å². The van der Waals surface area contributed by atoms with E-state index in [1.54, 1.807) is 0 Å². The van der Waals surface area contributed by atoms with Gasteiger partial charge in [0.25, 0.3) is 5.56 Å². The van der Waals surface area contributed by atoms with Crippen LogP contribution in [0.4, 0.5) is 0 Å². The summed E-state index contributed by atoms with van der Waals surface area (Å²) in [6, 6.07) is 23.4. The molecular weight excluding hydrogens is 522 g/mol. The maximum absolute atomic E-state index is 13.4. The van der Waals surface area contributed by atoms with Crippen molar-refractivity contribution in [3.8, 4) is 39.8 Å². The van der Waals surface area contributed by atoms with Crippen LogP contribution in [0.25, 0.3) is 39.4 Å². The van der Waals surface area contributed by atoms with Crippen molar-refractivity contribution in [3.63, 3.8) is 0 Å². The average molecular weight is 550 g/mol. The third-order valence-corrected chi connectivity index (χ3v) is 7.38. The smallest absolute Gasteiger partial charge is 0.291 e. The number of hydrogen-bond acceptors (Lipinski definition) is 7. The number of benzene rings is 3. The highest BCUT2D eigenvalue weighted by Gasteiger charge is 2.16. The minimum atomic E-state index is -0.216. The van der Waals surface area contributed by atoms with Crippen molar-refractivity contribution in [1.29, 1.82) is 0 Å². The molecule has 0 bridgehead atoms. The van der Waals surface area contributed by atoms with Crippen LogP contribution in [-0.4, -0.2) is 37.6 Å². The van der Waals surface area contributed by atoms with E-state index in [4.69, 9.17) is 14.6 Å². The van der Waals surface area contributed by atoms with E-state index in [0.717, 1.165) is 45.1 Å². The first kappa shape index (κ1) is 25.5.